The summed E-state index contributed by atoms with van der Waals surface area (Å²) in [6.07, 6.45) is 0.809. The molecule has 0 unspecified atom stereocenters. The number of thiophene rings is 1. The number of amides is 2. The molecule has 7 nitrogen and oxygen atoms in total. The van der Waals surface area contributed by atoms with Crippen LogP contribution in [0.2, 0.25) is 0 Å². The predicted octanol–water partition coefficient (Wildman–Crippen LogP) is 3.08. The van der Waals surface area contributed by atoms with Crippen LogP contribution < -0.4 is 4.87 Å². The van der Waals surface area contributed by atoms with E-state index in [0.29, 0.717) is 0 Å². The average Bonchev–Trinajstić information content (AvgIpc) is 3.51. The minimum absolute atomic E-state index is 0.0158. The van der Waals surface area contributed by atoms with E-state index >= 15 is 0 Å². The predicted molar refractivity (Wildman–Crippen MR) is 121 cm³/mol. The Morgan fingerprint density at radius 1 is 1.19 bits per heavy atom. The van der Waals surface area contributed by atoms with Crippen LogP contribution in [-0.4, -0.2) is 44.1 Å². The normalized spacial score (nSPS) is 35.8. The van der Waals surface area contributed by atoms with Crippen LogP contribution in [0.15, 0.2) is 27.3 Å². The van der Waals surface area contributed by atoms with Crippen LogP contribution in [0.25, 0.3) is 0 Å². The third-order valence-corrected chi connectivity index (χ3v) is 11.3. The van der Waals surface area contributed by atoms with Crippen LogP contribution in [0, 0.1) is 35.5 Å². The van der Waals surface area contributed by atoms with Gasteiger partial charge in [-0.15, -0.1) is 23.1 Å². The number of carbonyl (C=O) groups is 3. The molecule has 6 rings (SSSR count). The van der Waals surface area contributed by atoms with Crippen molar-refractivity contribution in [2.75, 3.05) is 0 Å². The van der Waals surface area contributed by atoms with Crippen LogP contribution in [0.5, 0.6) is 0 Å². The number of aliphatic carboxylic acids is 1. The summed E-state index contributed by atoms with van der Waals surface area (Å²) in [7, 11) is 0. The number of aromatic amines is 1. The molecular weight excluding hydrogens is 468 g/mol. The van der Waals surface area contributed by atoms with Gasteiger partial charge in [0, 0.05) is 20.9 Å². The molecule has 1 saturated heterocycles. The van der Waals surface area contributed by atoms with E-state index in [4.69, 9.17) is 0 Å². The molecular formula is C22H22N2O5S3. The van der Waals surface area contributed by atoms with E-state index in [1.54, 1.807) is 36.9 Å². The maximum Gasteiger partial charge on any atom is 0.327 e. The zero-order chi connectivity index (χ0) is 22.5. The fraction of sp³-hybridized carbons (Fsp3) is 0.545. The first kappa shape index (κ1) is 20.7. The minimum Gasteiger partial charge on any atom is -0.480 e. The van der Waals surface area contributed by atoms with Crippen molar-refractivity contribution in [1.29, 1.82) is 0 Å². The largest absolute Gasteiger partial charge is 0.480 e. The van der Waals surface area contributed by atoms with Crippen LogP contribution in [-0.2, 0) is 14.4 Å². The monoisotopic (exact) mass is 490 g/mol. The third-order valence-electron chi connectivity index (χ3n) is 7.77. The molecule has 8 atom stereocenters. The number of aromatic nitrogens is 1. The molecule has 32 heavy (non-hydrogen) atoms. The Balaban J connectivity index is 1.43. The van der Waals surface area contributed by atoms with Gasteiger partial charge < -0.3 is 10.1 Å². The number of rotatable bonds is 4. The van der Waals surface area contributed by atoms with Gasteiger partial charge in [0.05, 0.1) is 16.9 Å². The second kappa shape index (κ2) is 7.04. The number of nitrogens with zero attached hydrogens (tertiary/aromatic N) is 1. The van der Waals surface area contributed by atoms with E-state index in [0.717, 1.165) is 21.2 Å². The molecule has 4 heterocycles. The highest BCUT2D eigenvalue weighted by Crippen LogP contribution is 2.68. The van der Waals surface area contributed by atoms with Gasteiger partial charge in [-0.25, -0.2) is 4.79 Å². The zero-order valence-electron chi connectivity index (χ0n) is 17.4. The summed E-state index contributed by atoms with van der Waals surface area (Å²) < 4.78 is 0. The molecule has 2 aliphatic heterocycles. The van der Waals surface area contributed by atoms with Gasteiger partial charge in [-0.2, -0.15) is 0 Å². The molecule has 3 fully saturated rings. The molecule has 2 saturated carbocycles. The van der Waals surface area contributed by atoms with Crippen LogP contribution in [0.3, 0.4) is 0 Å². The highest BCUT2D eigenvalue weighted by molar-refractivity contribution is 8.00. The first-order valence-corrected chi connectivity index (χ1v) is 13.4. The number of hydrogen-bond acceptors (Lipinski definition) is 7. The summed E-state index contributed by atoms with van der Waals surface area (Å²) in [4.78, 5) is 57.3. The molecule has 2 amide bonds. The smallest absolute Gasteiger partial charge is 0.327 e. The first-order valence-electron chi connectivity index (χ1n) is 10.8. The summed E-state index contributed by atoms with van der Waals surface area (Å²) in [6, 6.07) is 2.97. The number of H-pyrrole nitrogens is 1. The van der Waals surface area contributed by atoms with Gasteiger partial charge in [0.2, 0.25) is 11.8 Å². The van der Waals surface area contributed by atoms with Crippen molar-refractivity contribution in [3.05, 3.63) is 36.9 Å². The van der Waals surface area contributed by atoms with Crippen LogP contribution >= 0.6 is 34.4 Å². The Bertz CT molecular complexity index is 1180. The number of imide groups is 1. The van der Waals surface area contributed by atoms with Gasteiger partial charge in [0.25, 0.3) is 0 Å². The van der Waals surface area contributed by atoms with Gasteiger partial charge in [-0.1, -0.05) is 31.3 Å². The maximum atomic E-state index is 13.5. The summed E-state index contributed by atoms with van der Waals surface area (Å²) in [5.41, 5.74) is 0. The number of nitrogens with one attached hydrogen (secondary N) is 1. The van der Waals surface area contributed by atoms with Crippen molar-refractivity contribution >= 4 is 52.2 Å². The Morgan fingerprint density at radius 2 is 1.91 bits per heavy atom. The molecule has 0 aromatic carbocycles. The van der Waals surface area contributed by atoms with Crippen molar-refractivity contribution in [2.45, 2.75) is 42.5 Å². The molecule has 2 aromatic rings. The summed E-state index contributed by atoms with van der Waals surface area (Å²) in [5, 5.41) is 12.8. The Morgan fingerprint density at radius 3 is 2.53 bits per heavy atom. The molecule has 2 bridgehead atoms. The topological polar surface area (TPSA) is 108 Å². The molecule has 2 N–H and O–H groups in total. The van der Waals surface area contributed by atoms with Gasteiger partial charge in [0.1, 0.15) is 6.04 Å². The number of carboxylic acid groups (broad SMARTS) is 1. The number of hydrogen-bond donors (Lipinski definition) is 2. The van der Waals surface area contributed by atoms with Crippen LogP contribution in [0.4, 0.5) is 0 Å². The number of carbonyl (C=O) groups excluding carboxylic acids is 2. The van der Waals surface area contributed by atoms with Gasteiger partial charge in [-0.3, -0.25) is 19.3 Å². The first-order chi connectivity index (χ1) is 15.3. The minimum atomic E-state index is -1.13. The number of likely N-dealkylation sites (tertiary alicyclic amines) is 1. The lowest BCUT2D eigenvalue weighted by molar-refractivity contribution is -0.157. The van der Waals surface area contributed by atoms with E-state index in [9.17, 15) is 24.3 Å². The number of fused-ring (bicyclic) bond motifs is 9. The van der Waals surface area contributed by atoms with Crippen molar-refractivity contribution in [3.8, 4) is 0 Å². The molecule has 0 radical (unpaired) electrons. The molecule has 10 heteroatoms. The van der Waals surface area contributed by atoms with E-state index in [2.05, 4.69) is 11.1 Å². The van der Waals surface area contributed by atoms with E-state index in [-0.39, 0.29) is 51.5 Å². The Kier molecular flexibility index (Phi) is 4.55. The molecule has 168 valence electrons. The van der Waals surface area contributed by atoms with Crippen molar-refractivity contribution in [2.24, 2.45) is 35.5 Å². The zero-order valence-corrected chi connectivity index (χ0v) is 19.8. The highest BCUT2D eigenvalue weighted by atomic mass is 32.2. The van der Waals surface area contributed by atoms with E-state index in [1.165, 1.54) is 16.2 Å². The summed E-state index contributed by atoms with van der Waals surface area (Å²) in [6.45, 7) is 3.47. The second-order valence-electron chi connectivity index (χ2n) is 9.55. The van der Waals surface area contributed by atoms with E-state index in [1.807, 2.05) is 11.4 Å². The van der Waals surface area contributed by atoms with Crippen molar-refractivity contribution in [3.63, 3.8) is 0 Å². The van der Waals surface area contributed by atoms with Gasteiger partial charge in [0.15, 0.2) is 0 Å². The summed E-state index contributed by atoms with van der Waals surface area (Å²) >= 11 is 4.56. The number of thiazole rings is 1. The molecule has 2 aliphatic carbocycles. The highest BCUT2D eigenvalue weighted by Gasteiger charge is 2.70. The quantitative estimate of drug-likeness (QED) is 0.638. The second-order valence-corrected chi connectivity index (χ2v) is 12.7. The lowest BCUT2D eigenvalue weighted by Gasteiger charge is -2.42. The third kappa shape index (κ3) is 2.60. The van der Waals surface area contributed by atoms with Gasteiger partial charge >= 0.3 is 10.8 Å². The maximum absolute atomic E-state index is 13.5. The SMILES string of the molecule is CC(C)[C@H](C(=O)O)N1C(=O)[C@@H]2[C@H]3C[C@@H]([C@@H]2C1=O)[C@@H]1[C@H](c2cccs2)c2sc(=O)[nH]c2S[C@H]31. The molecule has 4 aliphatic rings. The Labute approximate surface area is 196 Å². The Hall–Kier alpha value is -1.91. The fourth-order valence-corrected chi connectivity index (χ4v) is 10.6. The molecule has 0 spiro atoms. The van der Waals surface area contributed by atoms with Crippen LogP contribution in [0.1, 0.15) is 35.9 Å². The fourth-order valence-electron chi connectivity index (χ4n) is 6.79. The average molecular weight is 491 g/mol. The standard InChI is InChI=1S/C22H22N2O5S3/c1-7(2)15(21(27)28)24-19(25)12-8-6-9(13(12)20(24)26)16-11(8)14(10-4-3-5-30-10)17-18(31-16)23-22(29)32-17/h3-5,7-9,11-16H,6H2,1-2H3,(H,23,29)(H,27,28)/t8-,9-,11-,12+,13-,14+,15-,16-/m1/s1. The lowest BCUT2D eigenvalue weighted by Crippen LogP contribution is -2.49. The van der Waals surface area contributed by atoms with Crippen molar-refractivity contribution < 1.29 is 19.5 Å². The van der Waals surface area contributed by atoms with Gasteiger partial charge in [-0.05, 0) is 41.5 Å². The summed E-state index contributed by atoms with van der Waals surface area (Å²) in [5.74, 6) is -2.78. The van der Waals surface area contributed by atoms with Crippen molar-refractivity contribution in [1.82, 2.24) is 9.88 Å². The van der Waals surface area contributed by atoms with E-state index < -0.39 is 23.8 Å². The lowest BCUT2D eigenvalue weighted by atomic mass is 9.69. The molecule has 2 aromatic heterocycles. The number of carboxylic acids is 1. The number of thioether (sulfide) groups is 1.